The second-order valence-electron chi connectivity index (χ2n) is 4.90. The van der Waals surface area contributed by atoms with Gasteiger partial charge in [0.05, 0.1) is 11.7 Å². The first kappa shape index (κ1) is 15.0. The Morgan fingerprint density at radius 1 is 1.33 bits per heavy atom. The Bertz CT molecular complexity index is 603. The van der Waals surface area contributed by atoms with E-state index in [1.807, 2.05) is 13.8 Å². The number of amides is 2. The number of halogens is 1. The van der Waals surface area contributed by atoms with Gasteiger partial charge >= 0.3 is 6.03 Å². The molecule has 0 saturated carbocycles. The predicted octanol–water partition coefficient (Wildman–Crippen LogP) is 2.99. The van der Waals surface area contributed by atoms with Crippen molar-refractivity contribution in [1.82, 2.24) is 15.8 Å². The summed E-state index contributed by atoms with van der Waals surface area (Å²) in [6, 6.07) is 5.52. The molecule has 21 heavy (non-hydrogen) atoms. The molecule has 0 aliphatic carbocycles. The maximum Gasteiger partial charge on any atom is 0.315 e. The van der Waals surface area contributed by atoms with Crippen molar-refractivity contribution in [2.75, 3.05) is 0 Å². The number of carbonyl (C=O) groups is 1. The third-order valence-electron chi connectivity index (χ3n) is 3.32. The van der Waals surface area contributed by atoms with E-state index in [4.69, 9.17) is 4.52 Å². The van der Waals surface area contributed by atoms with Crippen LogP contribution >= 0.6 is 0 Å². The summed E-state index contributed by atoms with van der Waals surface area (Å²) in [6.07, 6.45) is 0. The molecule has 2 amide bonds. The lowest BCUT2D eigenvalue weighted by Crippen LogP contribution is -2.36. The molecule has 1 heterocycles. The Morgan fingerprint density at radius 3 is 2.57 bits per heavy atom. The third-order valence-corrected chi connectivity index (χ3v) is 3.32. The lowest BCUT2D eigenvalue weighted by atomic mass is 10.1. The largest absolute Gasteiger partial charge is 0.361 e. The van der Waals surface area contributed by atoms with Crippen LogP contribution in [0.4, 0.5) is 9.18 Å². The Morgan fingerprint density at radius 2 is 2.00 bits per heavy atom. The monoisotopic (exact) mass is 291 g/mol. The molecule has 2 N–H and O–H groups in total. The number of hydrogen-bond acceptors (Lipinski definition) is 3. The molecule has 0 saturated heterocycles. The summed E-state index contributed by atoms with van der Waals surface area (Å²) in [5.41, 5.74) is 2.47. The number of nitrogens with zero attached hydrogens (tertiary/aromatic N) is 1. The van der Waals surface area contributed by atoms with Crippen molar-refractivity contribution in [2.24, 2.45) is 0 Å². The zero-order valence-electron chi connectivity index (χ0n) is 12.2. The second kappa shape index (κ2) is 6.39. The molecular weight excluding hydrogens is 273 g/mol. The summed E-state index contributed by atoms with van der Waals surface area (Å²) >= 11 is 0. The van der Waals surface area contributed by atoms with Crippen LogP contribution in [0.2, 0.25) is 0 Å². The number of urea groups is 1. The van der Waals surface area contributed by atoms with Gasteiger partial charge in [0.25, 0.3) is 0 Å². The molecule has 2 aromatic rings. The first-order chi connectivity index (χ1) is 9.97. The van der Waals surface area contributed by atoms with Crippen molar-refractivity contribution >= 4 is 6.03 Å². The Labute approximate surface area is 122 Å². The first-order valence-corrected chi connectivity index (χ1v) is 6.69. The van der Waals surface area contributed by atoms with Crippen LogP contribution in [0.1, 0.15) is 35.5 Å². The van der Waals surface area contributed by atoms with Crippen LogP contribution in [0.25, 0.3) is 0 Å². The highest BCUT2D eigenvalue weighted by atomic mass is 19.1. The average molecular weight is 291 g/mol. The fourth-order valence-corrected chi connectivity index (χ4v) is 2.01. The topological polar surface area (TPSA) is 67.2 Å². The fraction of sp³-hybridized carbons (Fsp3) is 0.333. The van der Waals surface area contributed by atoms with Crippen LogP contribution in [-0.2, 0) is 6.54 Å². The standard InChI is InChI=1S/C15H18FN3O2/c1-9(12-4-6-13(16)7-5-12)18-15(20)17-8-14-10(2)19-21-11(14)3/h4-7,9H,8H2,1-3H3,(H2,17,18,20)/t9-/m1/s1. The molecule has 1 atom stereocenters. The van der Waals surface area contributed by atoms with Gasteiger partial charge in [-0.1, -0.05) is 17.3 Å². The van der Waals surface area contributed by atoms with E-state index in [2.05, 4.69) is 15.8 Å². The van der Waals surface area contributed by atoms with E-state index in [1.165, 1.54) is 12.1 Å². The van der Waals surface area contributed by atoms with Gasteiger partial charge < -0.3 is 15.2 Å². The molecule has 1 aromatic carbocycles. The van der Waals surface area contributed by atoms with Gasteiger partial charge in [0.2, 0.25) is 0 Å². The summed E-state index contributed by atoms with van der Waals surface area (Å²) in [7, 11) is 0. The quantitative estimate of drug-likeness (QED) is 0.910. The van der Waals surface area contributed by atoms with Crippen LogP contribution in [0.3, 0.4) is 0 Å². The van der Waals surface area contributed by atoms with Crippen molar-refractivity contribution in [3.8, 4) is 0 Å². The van der Waals surface area contributed by atoms with Crippen LogP contribution in [-0.4, -0.2) is 11.2 Å². The van der Waals surface area contributed by atoms with E-state index in [1.54, 1.807) is 19.1 Å². The van der Waals surface area contributed by atoms with E-state index in [0.29, 0.717) is 12.3 Å². The molecule has 0 aliphatic heterocycles. The summed E-state index contributed by atoms with van der Waals surface area (Å²) < 4.78 is 17.9. The van der Waals surface area contributed by atoms with Crippen LogP contribution in [0.15, 0.2) is 28.8 Å². The van der Waals surface area contributed by atoms with Crippen molar-refractivity contribution in [3.05, 3.63) is 52.7 Å². The number of rotatable bonds is 4. The molecule has 0 aliphatic rings. The normalized spacial score (nSPS) is 12.0. The Kier molecular flexibility index (Phi) is 4.57. The highest BCUT2D eigenvalue weighted by Gasteiger charge is 2.12. The Hall–Kier alpha value is -2.37. The van der Waals surface area contributed by atoms with Crippen molar-refractivity contribution in [2.45, 2.75) is 33.4 Å². The SMILES string of the molecule is Cc1noc(C)c1CNC(=O)N[C@H](C)c1ccc(F)cc1. The Balaban J connectivity index is 1.88. The summed E-state index contributed by atoms with van der Waals surface area (Å²) in [4.78, 5) is 11.9. The minimum absolute atomic E-state index is 0.213. The fourth-order valence-electron chi connectivity index (χ4n) is 2.01. The van der Waals surface area contributed by atoms with Gasteiger partial charge in [0.1, 0.15) is 11.6 Å². The van der Waals surface area contributed by atoms with E-state index in [0.717, 1.165) is 16.8 Å². The molecular formula is C15H18FN3O2. The lowest BCUT2D eigenvalue weighted by Gasteiger charge is -2.15. The number of hydrogen-bond donors (Lipinski definition) is 2. The number of aryl methyl sites for hydroxylation is 2. The molecule has 0 unspecified atom stereocenters. The van der Waals surface area contributed by atoms with E-state index < -0.39 is 0 Å². The molecule has 2 rings (SSSR count). The van der Waals surface area contributed by atoms with E-state index in [-0.39, 0.29) is 17.9 Å². The maximum atomic E-state index is 12.9. The third kappa shape index (κ3) is 3.81. The van der Waals surface area contributed by atoms with Gasteiger partial charge in [-0.15, -0.1) is 0 Å². The molecule has 112 valence electrons. The summed E-state index contributed by atoms with van der Waals surface area (Å²) in [5.74, 6) is 0.396. The number of nitrogens with one attached hydrogen (secondary N) is 2. The summed E-state index contributed by atoms with van der Waals surface area (Å²) in [5, 5.41) is 9.38. The van der Waals surface area contributed by atoms with Crippen LogP contribution in [0, 0.1) is 19.7 Å². The first-order valence-electron chi connectivity index (χ1n) is 6.69. The van der Waals surface area contributed by atoms with Gasteiger partial charge in [-0.2, -0.15) is 0 Å². The van der Waals surface area contributed by atoms with Gasteiger partial charge in [-0.25, -0.2) is 9.18 Å². The van der Waals surface area contributed by atoms with Crippen LogP contribution < -0.4 is 10.6 Å². The molecule has 1 aromatic heterocycles. The number of aromatic nitrogens is 1. The number of benzene rings is 1. The predicted molar refractivity (Wildman–Crippen MR) is 76.2 cm³/mol. The van der Waals surface area contributed by atoms with Gasteiger partial charge in [0.15, 0.2) is 0 Å². The zero-order valence-corrected chi connectivity index (χ0v) is 12.2. The van der Waals surface area contributed by atoms with E-state index >= 15 is 0 Å². The van der Waals surface area contributed by atoms with Crippen molar-refractivity contribution in [1.29, 1.82) is 0 Å². The van der Waals surface area contributed by atoms with Crippen molar-refractivity contribution < 1.29 is 13.7 Å². The summed E-state index contributed by atoms with van der Waals surface area (Å²) in [6.45, 7) is 5.81. The van der Waals surface area contributed by atoms with E-state index in [9.17, 15) is 9.18 Å². The molecule has 0 spiro atoms. The molecule has 5 nitrogen and oxygen atoms in total. The second-order valence-corrected chi connectivity index (χ2v) is 4.90. The van der Waals surface area contributed by atoms with Crippen molar-refractivity contribution in [3.63, 3.8) is 0 Å². The molecule has 0 radical (unpaired) electrons. The van der Waals surface area contributed by atoms with Gasteiger partial charge in [-0.3, -0.25) is 0 Å². The van der Waals surface area contributed by atoms with Crippen LogP contribution in [0.5, 0.6) is 0 Å². The molecule has 0 bridgehead atoms. The average Bonchev–Trinajstić information content (AvgIpc) is 2.76. The van der Waals surface area contributed by atoms with Gasteiger partial charge in [-0.05, 0) is 38.5 Å². The minimum Gasteiger partial charge on any atom is -0.361 e. The highest BCUT2D eigenvalue weighted by Crippen LogP contribution is 2.13. The van der Waals surface area contributed by atoms with Gasteiger partial charge in [0, 0.05) is 12.1 Å². The number of carbonyl (C=O) groups excluding carboxylic acids is 1. The smallest absolute Gasteiger partial charge is 0.315 e. The molecule has 6 heteroatoms. The zero-order chi connectivity index (χ0) is 15.4. The minimum atomic E-state index is -0.299. The maximum absolute atomic E-state index is 12.9. The highest BCUT2D eigenvalue weighted by molar-refractivity contribution is 5.74. The molecule has 0 fully saturated rings. The lowest BCUT2D eigenvalue weighted by molar-refractivity contribution is 0.237.